The Labute approximate surface area is 138 Å². The molecule has 0 bridgehead atoms. The van der Waals surface area contributed by atoms with Crippen LogP contribution in [0.5, 0.6) is 0 Å². The summed E-state index contributed by atoms with van der Waals surface area (Å²) in [5, 5.41) is 2.97. The molecule has 1 heterocycles. The summed E-state index contributed by atoms with van der Waals surface area (Å²) in [6.07, 6.45) is 0.334. The number of rotatable bonds is 7. The van der Waals surface area contributed by atoms with E-state index in [9.17, 15) is 9.59 Å². The van der Waals surface area contributed by atoms with Crippen LogP contribution in [0.4, 0.5) is 0 Å². The Balaban J connectivity index is 1.87. The van der Waals surface area contributed by atoms with Gasteiger partial charge in [-0.15, -0.1) is 0 Å². The zero-order chi connectivity index (χ0) is 16.8. The van der Waals surface area contributed by atoms with Gasteiger partial charge in [-0.05, 0) is 31.6 Å². The maximum absolute atomic E-state index is 12.2. The number of carbonyl (C=O) groups excluding carboxylic acids is 2. The Morgan fingerprint density at radius 3 is 2.74 bits per heavy atom. The van der Waals surface area contributed by atoms with E-state index in [-0.39, 0.29) is 17.7 Å². The van der Waals surface area contributed by atoms with E-state index in [1.54, 1.807) is 4.90 Å². The summed E-state index contributed by atoms with van der Waals surface area (Å²) >= 11 is 0. The topological polar surface area (TPSA) is 52.7 Å². The van der Waals surface area contributed by atoms with Crippen LogP contribution in [-0.4, -0.2) is 48.3 Å². The molecule has 2 rings (SSSR count). The van der Waals surface area contributed by atoms with Gasteiger partial charge in [0.15, 0.2) is 0 Å². The van der Waals surface area contributed by atoms with Gasteiger partial charge in [0.05, 0.1) is 5.92 Å². The smallest absolute Gasteiger partial charge is 0.225 e. The van der Waals surface area contributed by atoms with Gasteiger partial charge in [-0.25, -0.2) is 0 Å². The first-order valence-corrected chi connectivity index (χ1v) is 8.35. The summed E-state index contributed by atoms with van der Waals surface area (Å²) in [4.78, 5) is 27.9. The van der Waals surface area contributed by atoms with Gasteiger partial charge in [-0.1, -0.05) is 31.2 Å². The van der Waals surface area contributed by atoms with E-state index in [0.29, 0.717) is 26.1 Å². The lowest BCUT2D eigenvalue weighted by molar-refractivity contribution is -0.128. The normalized spacial score (nSPS) is 17.8. The Hall–Kier alpha value is -1.88. The molecule has 1 saturated heterocycles. The van der Waals surface area contributed by atoms with Crippen LogP contribution in [0.15, 0.2) is 24.3 Å². The maximum Gasteiger partial charge on any atom is 0.225 e. The summed E-state index contributed by atoms with van der Waals surface area (Å²) in [6.45, 7) is 7.71. The molecule has 0 unspecified atom stereocenters. The molecule has 0 radical (unpaired) electrons. The van der Waals surface area contributed by atoms with Crippen LogP contribution in [0.1, 0.15) is 31.4 Å². The molecule has 2 amide bonds. The average Bonchev–Trinajstić information content (AvgIpc) is 2.94. The molecule has 1 aliphatic heterocycles. The highest BCUT2D eigenvalue weighted by atomic mass is 16.2. The Morgan fingerprint density at radius 2 is 2.09 bits per heavy atom. The zero-order valence-corrected chi connectivity index (χ0v) is 14.3. The van der Waals surface area contributed by atoms with Gasteiger partial charge >= 0.3 is 0 Å². The number of hydrogen-bond donors (Lipinski definition) is 1. The van der Waals surface area contributed by atoms with Gasteiger partial charge < -0.3 is 15.1 Å². The van der Waals surface area contributed by atoms with E-state index in [0.717, 1.165) is 18.7 Å². The van der Waals surface area contributed by atoms with Crippen molar-refractivity contribution >= 4 is 11.8 Å². The lowest BCUT2D eigenvalue weighted by Crippen LogP contribution is -2.32. The van der Waals surface area contributed by atoms with Gasteiger partial charge in [0.1, 0.15) is 0 Å². The second kappa shape index (κ2) is 8.11. The number of benzene rings is 1. The van der Waals surface area contributed by atoms with Crippen molar-refractivity contribution < 1.29 is 9.59 Å². The van der Waals surface area contributed by atoms with Gasteiger partial charge in [0.25, 0.3) is 0 Å². The predicted molar refractivity (Wildman–Crippen MR) is 90.7 cm³/mol. The van der Waals surface area contributed by atoms with Crippen LogP contribution in [0.2, 0.25) is 0 Å². The highest BCUT2D eigenvalue weighted by Crippen LogP contribution is 2.17. The SMILES string of the molecule is CCN(C)Cc1cccc(CNC(=O)[C@H]2CC(=O)N(CC)C2)c1. The van der Waals surface area contributed by atoms with E-state index >= 15 is 0 Å². The molecule has 126 valence electrons. The molecular weight excluding hydrogens is 290 g/mol. The lowest BCUT2D eigenvalue weighted by atomic mass is 10.1. The molecule has 1 aromatic carbocycles. The minimum atomic E-state index is -0.211. The maximum atomic E-state index is 12.2. The van der Waals surface area contributed by atoms with Crippen LogP contribution >= 0.6 is 0 Å². The molecule has 5 nitrogen and oxygen atoms in total. The minimum absolute atomic E-state index is 0.0228. The molecule has 0 aliphatic carbocycles. The van der Waals surface area contributed by atoms with E-state index in [1.807, 2.05) is 19.1 Å². The van der Waals surface area contributed by atoms with Crippen LogP contribution < -0.4 is 5.32 Å². The summed E-state index contributed by atoms with van der Waals surface area (Å²) < 4.78 is 0. The van der Waals surface area contributed by atoms with Crippen molar-refractivity contribution in [3.05, 3.63) is 35.4 Å². The van der Waals surface area contributed by atoms with Crippen LogP contribution in [-0.2, 0) is 22.7 Å². The third-order valence-electron chi connectivity index (χ3n) is 4.42. The zero-order valence-electron chi connectivity index (χ0n) is 14.3. The highest BCUT2D eigenvalue weighted by Gasteiger charge is 2.33. The molecule has 0 spiro atoms. The van der Waals surface area contributed by atoms with Crippen LogP contribution in [0.25, 0.3) is 0 Å². The van der Waals surface area contributed by atoms with Crippen molar-refractivity contribution in [2.75, 3.05) is 26.7 Å². The first-order chi connectivity index (χ1) is 11.0. The number of hydrogen-bond acceptors (Lipinski definition) is 3. The fraction of sp³-hybridized carbons (Fsp3) is 0.556. The Kier molecular flexibility index (Phi) is 6.16. The van der Waals surface area contributed by atoms with Gasteiger partial charge in [0, 0.05) is 32.6 Å². The van der Waals surface area contributed by atoms with Crippen LogP contribution in [0, 0.1) is 5.92 Å². The molecule has 1 atom stereocenters. The third-order valence-corrected chi connectivity index (χ3v) is 4.42. The van der Waals surface area contributed by atoms with Crippen molar-refractivity contribution in [1.29, 1.82) is 0 Å². The number of carbonyl (C=O) groups is 2. The first kappa shape index (κ1) is 17.5. The van der Waals surface area contributed by atoms with Crippen molar-refractivity contribution in [1.82, 2.24) is 15.1 Å². The van der Waals surface area contributed by atoms with Gasteiger partial charge in [-0.2, -0.15) is 0 Å². The third kappa shape index (κ3) is 4.79. The molecule has 1 aliphatic rings. The number of nitrogens with one attached hydrogen (secondary N) is 1. The molecule has 23 heavy (non-hydrogen) atoms. The van der Waals surface area contributed by atoms with Crippen molar-refractivity contribution in [3.63, 3.8) is 0 Å². The lowest BCUT2D eigenvalue weighted by Gasteiger charge is -2.15. The highest BCUT2D eigenvalue weighted by molar-refractivity contribution is 5.89. The predicted octanol–water partition coefficient (Wildman–Crippen LogP) is 1.62. The van der Waals surface area contributed by atoms with Crippen molar-refractivity contribution in [2.24, 2.45) is 5.92 Å². The van der Waals surface area contributed by atoms with Gasteiger partial charge in [-0.3, -0.25) is 9.59 Å². The van der Waals surface area contributed by atoms with Crippen molar-refractivity contribution in [2.45, 2.75) is 33.4 Å². The summed E-state index contributed by atoms with van der Waals surface area (Å²) in [5.41, 5.74) is 2.34. The Bertz CT molecular complexity index is 559. The minimum Gasteiger partial charge on any atom is -0.352 e. The van der Waals surface area contributed by atoms with E-state index in [4.69, 9.17) is 0 Å². The number of amides is 2. The second-order valence-electron chi connectivity index (χ2n) is 6.20. The van der Waals surface area contributed by atoms with E-state index in [1.165, 1.54) is 5.56 Å². The van der Waals surface area contributed by atoms with Gasteiger partial charge in [0.2, 0.25) is 11.8 Å². The fourth-order valence-electron chi connectivity index (χ4n) is 2.85. The first-order valence-electron chi connectivity index (χ1n) is 8.35. The van der Waals surface area contributed by atoms with Crippen molar-refractivity contribution in [3.8, 4) is 0 Å². The largest absolute Gasteiger partial charge is 0.352 e. The average molecular weight is 317 g/mol. The number of likely N-dealkylation sites (tertiary alicyclic amines) is 1. The monoisotopic (exact) mass is 317 g/mol. The van der Waals surface area contributed by atoms with E-state index in [2.05, 4.69) is 36.3 Å². The summed E-state index contributed by atoms with van der Waals surface area (Å²) in [5.74, 6) is -0.153. The molecule has 0 aromatic heterocycles. The summed E-state index contributed by atoms with van der Waals surface area (Å²) in [7, 11) is 2.09. The number of nitrogens with zero attached hydrogens (tertiary/aromatic N) is 2. The second-order valence-corrected chi connectivity index (χ2v) is 6.20. The van der Waals surface area contributed by atoms with Crippen LogP contribution in [0.3, 0.4) is 0 Å². The summed E-state index contributed by atoms with van der Waals surface area (Å²) in [6, 6.07) is 8.28. The molecule has 1 aromatic rings. The molecule has 1 fully saturated rings. The Morgan fingerprint density at radius 1 is 1.35 bits per heavy atom. The standard InChI is InChI=1S/C18H27N3O2/c1-4-20(3)12-15-8-6-7-14(9-15)11-19-18(23)16-10-17(22)21(5-2)13-16/h6-9,16H,4-5,10-13H2,1-3H3,(H,19,23)/t16-/m0/s1. The molecular formula is C18H27N3O2. The van der Waals surface area contributed by atoms with E-state index < -0.39 is 0 Å². The fourth-order valence-corrected chi connectivity index (χ4v) is 2.85. The quantitative estimate of drug-likeness (QED) is 0.831. The molecule has 0 saturated carbocycles. The molecule has 5 heteroatoms. The molecule has 1 N–H and O–H groups in total.